The zero-order valence-electron chi connectivity index (χ0n) is 10.7. The van der Waals surface area contributed by atoms with Gasteiger partial charge in [0.25, 0.3) is 0 Å². The molecule has 0 aliphatic carbocycles. The van der Waals surface area contributed by atoms with Crippen LogP contribution in [0.25, 0.3) is 0 Å². The molecule has 0 aliphatic heterocycles. The van der Waals surface area contributed by atoms with Gasteiger partial charge in [0, 0.05) is 22.2 Å². The molecule has 1 heterocycles. The van der Waals surface area contributed by atoms with Crippen LogP contribution in [0.1, 0.15) is 26.6 Å². The number of carbonyl (C=O) groups excluding carboxylic acids is 1. The number of anilines is 1. The van der Waals surface area contributed by atoms with Gasteiger partial charge in [0.1, 0.15) is 5.82 Å². The number of aromatic nitrogens is 1. The van der Waals surface area contributed by atoms with Crippen LogP contribution in [-0.2, 0) is 6.54 Å². The molecule has 0 fully saturated rings. The van der Waals surface area contributed by atoms with Crippen molar-refractivity contribution in [1.29, 1.82) is 0 Å². The zero-order chi connectivity index (χ0) is 14.0. The summed E-state index contributed by atoms with van der Waals surface area (Å²) in [7, 11) is 0. The number of benzene rings is 1. The topological polar surface area (TPSA) is 68.0 Å². The monoisotopic (exact) mass is 279 g/mol. The van der Waals surface area contributed by atoms with E-state index < -0.39 is 11.7 Å². The number of rotatable bonds is 4. The SMILES string of the molecule is Cc1nc(CNc2cc(C(N)=O)cc(F)c2C)cs1. The number of nitrogens with zero attached hydrogens (tertiary/aromatic N) is 1. The lowest BCUT2D eigenvalue weighted by Crippen LogP contribution is -2.13. The summed E-state index contributed by atoms with van der Waals surface area (Å²) in [5.74, 6) is -1.10. The maximum Gasteiger partial charge on any atom is 0.248 e. The predicted molar refractivity (Wildman–Crippen MR) is 73.8 cm³/mol. The molecule has 0 saturated carbocycles. The van der Waals surface area contributed by atoms with Crippen LogP contribution >= 0.6 is 11.3 Å². The summed E-state index contributed by atoms with van der Waals surface area (Å²) in [4.78, 5) is 15.4. The minimum Gasteiger partial charge on any atom is -0.379 e. The van der Waals surface area contributed by atoms with E-state index in [0.29, 0.717) is 17.8 Å². The molecule has 100 valence electrons. The molecule has 3 N–H and O–H groups in total. The first-order valence-corrected chi connectivity index (χ1v) is 6.60. The average Bonchev–Trinajstić information content (AvgIpc) is 2.76. The van der Waals surface area contributed by atoms with E-state index in [9.17, 15) is 9.18 Å². The zero-order valence-corrected chi connectivity index (χ0v) is 11.5. The molecule has 4 nitrogen and oxygen atoms in total. The lowest BCUT2D eigenvalue weighted by atomic mass is 10.1. The van der Waals surface area contributed by atoms with Gasteiger partial charge < -0.3 is 11.1 Å². The highest BCUT2D eigenvalue weighted by atomic mass is 32.1. The highest BCUT2D eigenvalue weighted by Crippen LogP contribution is 2.21. The molecule has 2 rings (SSSR count). The van der Waals surface area contributed by atoms with E-state index in [0.717, 1.165) is 16.8 Å². The number of halogens is 1. The van der Waals surface area contributed by atoms with Gasteiger partial charge in [-0.05, 0) is 26.0 Å². The van der Waals surface area contributed by atoms with E-state index in [4.69, 9.17) is 5.73 Å². The summed E-state index contributed by atoms with van der Waals surface area (Å²) in [6, 6.07) is 2.70. The second-order valence-corrected chi connectivity index (χ2v) is 5.27. The predicted octanol–water partition coefficient (Wildman–Crippen LogP) is 2.61. The van der Waals surface area contributed by atoms with Gasteiger partial charge in [-0.1, -0.05) is 0 Å². The van der Waals surface area contributed by atoms with Crippen molar-refractivity contribution >= 4 is 22.9 Å². The fraction of sp³-hybridized carbons (Fsp3) is 0.231. The highest BCUT2D eigenvalue weighted by Gasteiger charge is 2.10. The van der Waals surface area contributed by atoms with E-state index >= 15 is 0 Å². The molecule has 1 aromatic heterocycles. The Kier molecular flexibility index (Phi) is 3.80. The second kappa shape index (κ2) is 5.36. The number of nitrogens with one attached hydrogen (secondary N) is 1. The molecule has 0 aliphatic rings. The molecule has 6 heteroatoms. The van der Waals surface area contributed by atoms with Crippen molar-refractivity contribution in [3.8, 4) is 0 Å². The summed E-state index contributed by atoms with van der Waals surface area (Å²) in [5, 5.41) is 5.99. The lowest BCUT2D eigenvalue weighted by molar-refractivity contribution is 0.1000. The minimum absolute atomic E-state index is 0.153. The first-order chi connectivity index (χ1) is 8.97. The molecule has 0 spiro atoms. The summed E-state index contributed by atoms with van der Waals surface area (Å²) in [6.07, 6.45) is 0. The third-order valence-corrected chi connectivity index (χ3v) is 3.58. The van der Waals surface area contributed by atoms with Gasteiger partial charge in [0.2, 0.25) is 5.91 Å². The molecule has 2 aromatic rings. The van der Waals surface area contributed by atoms with Crippen LogP contribution < -0.4 is 11.1 Å². The summed E-state index contributed by atoms with van der Waals surface area (Å²) in [5.41, 5.74) is 7.21. The fourth-order valence-electron chi connectivity index (χ4n) is 1.68. The largest absolute Gasteiger partial charge is 0.379 e. The normalized spacial score (nSPS) is 10.5. The molecule has 0 unspecified atom stereocenters. The Labute approximate surface area is 114 Å². The van der Waals surface area contributed by atoms with Crippen LogP contribution in [0.3, 0.4) is 0 Å². The smallest absolute Gasteiger partial charge is 0.248 e. The summed E-state index contributed by atoms with van der Waals surface area (Å²) >= 11 is 1.56. The molecule has 1 amide bonds. The molecule has 0 radical (unpaired) electrons. The Morgan fingerprint density at radius 2 is 2.21 bits per heavy atom. The Balaban J connectivity index is 2.21. The molecular formula is C13H14FN3OS. The fourth-order valence-corrected chi connectivity index (χ4v) is 2.29. The van der Waals surface area contributed by atoms with Gasteiger partial charge in [-0.2, -0.15) is 0 Å². The summed E-state index contributed by atoms with van der Waals surface area (Å²) in [6.45, 7) is 4.05. The van der Waals surface area contributed by atoms with Crippen molar-refractivity contribution in [2.24, 2.45) is 5.73 Å². The van der Waals surface area contributed by atoms with Gasteiger partial charge in [0.05, 0.1) is 17.2 Å². The molecule has 0 bridgehead atoms. The lowest BCUT2D eigenvalue weighted by Gasteiger charge is -2.10. The van der Waals surface area contributed by atoms with Crippen LogP contribution in [0.4, 0.5) is 10.1 Å². The molecule has 1 aromatic carbocycles. The van der Waals surface area contributed by atoms with Crippen molar-refractivity contribution in [1.82, 2.24) is 4.98 Å². The van der Waals surface area contributed by atoms with E-state index in [-0.39, 0.29) is 5.56 Å². The van der Waals surface area contributed by atoms with Gasteiger partial charge in [-0.15, -0.1) is 11.3 Å². The Morgan fingerprint density at radius 3 is 2.79 bits per heavy atom. The van der Waals surface area contributed by atoms with Crippen LogP contribution in [-0.4, -0.2) is 10.9 Å². The van der Waals surface area contributed by atoms with Crippen LogP contribution in [0.2, 0.25) is 0 Å². The van der Waals surface area contributed by atoms with Crippen LogP contribution in [0.5, 0.6) is 0 Å². The van der Waals surface area contributed by atoms with Gasteiger partial charge in [-0.3, -0.25) is 4.79 Å². The quantitative estimate of drug-likeness (QED) is 0.904. The average molecular weight is 279 g/mol. The molecule has 0 atom stereocenters. The third-order valence-electron chi connectivity index (χ3n) is 2.76. The standard InChI is InChI=1S/C13H14FN3OS/c1-7-11(14)3-9(13(15)18)4-12(7)16-5-10-6-19-8(2)17-10/h3-4,6,16H,5H2,1-2H3,(H2,15,18). The van der Waals surface area contributed by atoms with Crippen molar-refractivity contribution in [3.63, 3.8) is 0 Å². The number of hydrogen-bond acceptors (Lipinski definition) is 4. The van der Waals surface area contributed by atoms with Gasteiger partial charge in [0.15, 0.2) is 0 Å². The van der Waals surface area contributed by atoms with Crippen molar-refractivity contribution in [2.45, 2.75) is 20.4 Å². The number of amides is 1. The number of carbonyl (C=O) groups is 1. The number of thiazole rings is 1. The van der Waals surface area contributed by atoms with Crippen LogP contribution in [0.15, 0.2) is 17.5 Å². The van der Waals surface area contributed by atoms with E-state index in [1.54, 1.807) is 24.3 Å². The molecular weight excluding hydrogens is 265 g/mol. The second-order valence-electron chi connectivity index (χ2n) is 4.21. The van der Waals surface area contributed by atoms with Crippen molar-refractivity contribution in [2.75, 3.05) is 5.32 Å². The minimum atomic E-state index is -0.647. The van der Waals surface area contributed by atoms with Crippen molar-refractivity contribution in [3.05, 3.63) is 45.2 Å². The number of aryl methyl sites for hydroxylation is 1. The number of primary amides is 1. The molecule has 19 heavy (non-hydrogen) atoms. The first kappa shape index (κ1) is 13.5. The Bertz CT molecular complexity index is 624. The number of hydrogen-bond donors (Lipinski definition) is 2. The van der Waals surface area contributed by atoms with E-state index in [1.807, 2.05) is 12.3 Å². The van der Waals surface area contributed by atoms with Gasteiger partial charge >= 0.3 is 0 Å². The molecule has 0 saturated heterocycles. The Morgan fingerprint density at radius 1 is 1.47 bits per heavy atom. The first-order valence-electron chi connectivity index (χ1n) is 5.72. The van der Waals surface area contributed by atoms with Crippen LogP contribution in [0, 0.1) is 19.7 Å². The maximum absolute atomic E-state index is 13.7. The maximum atomic E-state index is 13.7. The third kappa shape index (κ3) is 3.08. The van der Waals surface area contributed by atoms with E-state index in [1.165, 1.54) is 0 Å². The highest BCUT2D eigenvalue weighted by molar-refractivity contribution is 7.09. The van der Waals surface area contributed by atoms with Gasteiger partial charge in [-0.25, -0.2) is 9.37 Å². The Hall–Kier alpha value is -1.95. The van der Waals surface area contributed by atoms with E-state index in [2.05, 4.69) is 10.3 Å². The number of nitrogens with two attached hydrogens (primary N) is 1. The summed E-state index contributed by atoms with van der Waals surface area (Å²) < 4.78 is 13.7. The van der Waals surface area contributed by atoms with Crippen molar-refractivity contribution < 1.29 is 9.18 Å².